The topological polar surface area (TPSA) is 47.4 Å². The third-order valence-electron chi connectivity index (χ3n) is 4.63. The number of benzene rings is 1. The molecule has 126 valence electrons. The molecule has 2 aliphatic rings. The molecule has 0 spiro atoms. The first-order valence-electron chi connectivity index (χ1n) is 8.41. The summed E-state index contributed by atoms with van der Waals surface area (Å²) in [7, 11) is 0. The number of nitrogens with zero attached hydrogens (tertiary/aromatic N) is 3. The van der Waals surface area contributed by atoms with Gasteiger partial charge in [-0.05, 0) is 37.5 Å². The normalized spacial score (nSPS) is 20.3. The van der Waals surface area contributed by atoms with Gasteiger partial charge in [0.1, 0.15) is 0 Å². The SMILES string of the molecule is O=C(c1ccn(-c2ccccc2Cl)n1)N(C[C@H]1CCOC1)C1CC1. The second kappa shape index (κ2) is 6.57. The summed E-state index contributed by atoms with van der Waals surface area (Å²) in [6, 6.07) is 9.62. The van der Waals surface area contributed by atoms with Gasteiger partial charge in [0.25, 0.3) is 5.91 Å². The molecular formula is C18H20ClN3O2. The highest BCUT2D eigenvalue weighted by Gasteiger charge is 2.36. The van der Waals surface area contributed by atoms with Gasteiger partial charge in [-0.1, -0.05) is 23.7 Å². The lowest BCUT2D eigenvalue weighted by atomic mass is 10.1. The Bertz CT molecular complexity index is 735. The smallest absolute Gasteiger partial charge is 0.274 e. The molecule has 1 saturated carbocycles. The second-order valence-corrected chi connectivity index (χ2v) is 6.92. The molecule has 1 aromatic heterocycles. The van der Waals surface area contributed by atoms with E-state index in [-0.39, 0.29) is 5.91 Å². The molecule has 1 amide bonds. The Kier molecular flexibility index (Phi) is 4.29. The molecule has 0 unspecified atom stereocenters. The van der Waals surface area contributed by atoms with Crippen molar-refractivity contribution in [1.82, 2.24) is 14.7 Å². The number of hydrogen-bond donors (Lipinski definition) is 0. The summed E-state index contributed by atoms with van der Waals surface area (Å²) in [5, 5.41) is 5.07. The molecule has 0 N–H and O–H groups in total. The Morgan fingerprint density at radius 3 is 2.83 bits per heavy atom. The first-order valence-corrected chi connectivity index (χ1v) is 8.79. The fourth-order valence-electron chi connectivity index (χ4n) is 3.15. The van der Waals surface area contributed by atoms with Crippen LogP contribution in [0.4, 0.5) is 0 Å². The van der Waals surface area contributed by atoms with Crippen LogP contribution in [0.1, 0.15) is 29.8 Å². The quantitative estimate of drug-likeness (QED) is 0.836. The fraction of sp³-hybridized carbons (Fsp3) is 0.444. The molecule has 1 aliphatic carbocycles. The third-order valence-corrected chi connectivity index (χ3v) is 4.95. The molecule has 2 heterocycles. The van der Waals surface area contributed by atoms with Crippen molar-refractivity contribution in [2.45, 2.75) is 25.3 Å². The first kappa shape index (κ1) is 15.7. The van der Waals surface area contributed by atoms with Gasteiger partial charge in [-0.2, -0.15) is 5.10 Å². The predicted molar refractivity (Wildman–Crippen MR) is 91.6 cm³/mol. The van der Waals surface area contributed by atoms with Crippen LogP contribution in [0, 0.1) is 5.92 Å². The highest BCUT2D eigenvalue weighted by Crippen LogP contribution is 2.30. The van der Waals surface area contributed by atoms with Crippen molar-refractivity contribution >= 4 is 17.5 Å². The van der Waals surface area contributed by atoms with E-state index in [0.717, 1.165) is 44.7 Å². The summed E-state index contributed by atoms with van der Waals surface area (Å²) < 4.78 is 7.11. The van der Waals surface area contributed by atoms with E-state index in [2.05, 4.69) is 5.10 Å². The Balaban J connectivity index is 1.54. The number of para-hydroxylation sites is 1. The van der Waals surface area contributed by atoms with E-state index >= 15 is 0 Å². The maximum absolute atomic E-state index is 12.9. The van der Waals surface area contributed by atoms with E-state index in [0.29, 0.717) is 22.7 Å². The zero-order valence-electron chi connectivity index (χ0n) is 13.4. The van der Waals surface area contributed by atoms with Gasteiger partial charge in [0.2, 0.25) is 0 Å². The minimum absolute atomic E-state index is 0.00945. The van der Waals surface area contributed by atoms with Gasteiger partial charge in [-0.3, -0.25) is 4.79 Å². The molecule has 1 atom stereocenters. The van der Waals surface area contributed by atoms with E-state index in [4.69, 9.17) is 16.3 Å². The summed E-state index contributed by atoms with van der Waals surface area (Å²) in [5.74, 6) is 0.454. The molecular weight excluding hydrogens is 326 g/mol. The number of hydrogen-bond acceptors (Lipinski definition) is 3. The van der Waals surface area contributed by atoms with Crippen LogP contribution in [0.5, 0.6) is 0 Å². The van der Waals surface area contributed by atoms with Crippen LogP contribution in [0.2, 0.25) is 5.02 Å². The number of carbonyl (C=O) groups excluding carboxylic acids is 1. The summed E-state index contributed by atoms with van der Waals surface area (Å²) in [4.78, 5) is 14.9. The van der Waals surface area contributed by atoms with Crippen molar-refractivity contribution in [3.63, 3.8) is 0 Å². The Morgan fingerprint density at radius 1 is 1.29 bits per heavy atom. The monoisotopic (exact) mass is 345 g/mol. The van der Waals surface area contributed by atoms with Gasteiger partial charge in [0, 0.05) is 31.3 Å². The molecule has 4 rings (SSSR count). The lowest BCUT2D eigenvalue weighted by Gasteiger charge is -2.24. The average molecular weight is 346 g/mol. The maximum Gasteiger partial charge on any atom is 0.274 e. The Hall–Kier alpha value is -1.85. The van der Waals surface area contributed by atoms with E-state index in [1.165, 1.54) is 0 Å². The molecule has 1 saturated heterocycles. The molecule has 1 aromatic carbocycles. The summed E-state index contributed by atoms with van der Waals surface area (Å²) in [6.07, 6.45) is 5.00. The van der Waals surface area contributed by atoms with Crippen LogP contribution in [0.25, 0.3) is 5.69 Å². The van der Waals surface area contributed by atoms with E-state index in [1.807, 2.05) is 29.2 Å². The van der Waals surface area contributed by atoms with Gasteiger partial charge >= 0.3 is 0 Å². The summed E-state index contributed by atoms with van der Waals surface area (Å²) in [5.41, 5.74) is 1.25. The van der Waals surface area contributed by atoms with Crippen molar-refractivity contribution < 1.29 is 9.53 Å². The maximum atomic E-state index is 12.9. The number of carbonyl (C=O) groups is 1. The molecule has 5 nitrogen and oxygen atoms in total. The third kappa shape index (κ3) is 3.19. The van der Waals surface area contributed by atoms with Gasteiger partial charge in [0.05, 0.1) is 17.3 Å². The minimum atomic E-state index is 0.00945. The van der Waals surface area contributed by atoms with Crippen molar-refractivity contribution in [2.75, 3.05) is 19.8 Å². The number of halogens is 1. The number of aromatic nitrogens is 2. The van der Waals surface area contributed by atoms with Gasteiger partial charge in [-0.15, -0.1) is 0 Å². The lowest BCUT2D eigenvalue weighted by Crippen LogP contribution is -2.37. The van der Waals surface area contributed by atoms with Crippen molar-refractivity contribution in [3.8, 4) is 5.69 Å². The van der Waals surface area contributed by atoms with Crippen LogP contribution < -0.4 is 0 Å². The Morgan fingerprint density at radius 2 is 2.12 bits per heavy atom. The molecule has 24 heavy (non-hydrogen) atoms. The molecule has 6 heteroatoms. The van der Waals surface area contributed by atoms with Crippen LogP contribution in [0.15, 0.2) is 36.5 Å². The van der Waals surface area contributed by atoms with Gasteiger partial charge in [0.15, 0.2) is 5.69 Å². The van der Waals surface area contributed by atoms with E-state index < -0.39 is 0 Å². The number of rotatable bonds is 5. The van der Waals surface area contributed by atoms with Crippen LogP contribution in [-0.2, 0) is 4.74 Å². The standard InChI is InChI=1S/C18H20ClN3O2/c19-15-3-1-2-4-17(15)22-9-7-16(20-22)18(23)21(14-5-6-14)11-13-8-10-24-12-13/h1-4,7,9,13-14H,5-6,8,10-12H2/t13-/m1/s1. The predicted octanol–water partition coefficient (Wildman–Crippen LogP) is 3.17. The first-order chi connectivity index (χ1) is 11.7. The number of ether oxygens (including phenoxy) is 1. The fourth-order valence-corrected chi connectivity index (χ4v) is 3.37. The molecule has 2 fully saturated rings. The van der Waals surface area contributed by atoms with Gasteiger partial charge < -0.3 is 9.64 Å². The van der Waals surface area contributed by atoms with Crippen LogP contribution >= 0.6 is 11.6 Å². The summed E-state index contributed by atoms with van der Waals surface area (Å²) in [6.45, 7) is 2.32. The van der Waals surface area contributed by atoms with Crippen molar-refractivity contribution in [1.29, 1.82) is 0 Å². The highest BCUT2D eigenvalue weighted by molar-refractivity contribution is 6.32. The molecule has 2 aromatic rings. The molecule has 0 bridgehead atoms. The lowest BCUT2D eigenvalue weighted by molar-refractivity contribution is 0.0700. The highest BCUT2D eigenvalue weighted by atomic mass is 35.5. The van der Waals surface area contributed by atoms with Crippen molar-refractivity contribution in [2.24, 2.45) is 5.92 Å². The van der Waals surface area contributed by atoms with Crippen LogP contribution in [-0.4, -0.2) is 46.4 Å². The summed E-state index contributed by atoms with van der Waals surface area (Å²) >= 11 is 6.21. The molecule has 1 aliphatic heterocycles. The Labute approximate surface area is 146 Å². The second-order valence-electron chi connectivity index (χ2n) is 6.52. The zero-order valence-corrected chi connectivity index (χ0v) is 14.2. The zero-order chi connectivity index (χ0) is 16.5. The van der Waals surface area contributed by atoms with E-state index in [9.17, 15) is 4.79 Å². The average Bonchev–Trinajstić information content (AvgIpc) is 3.10. The van der Waals surface area contributed by atoms with Crippen LogP contribution in [0.3, 0.4) is 0 Å². The van der Waals surface area contributed by atoms with Crippen molar-refractivity contribution in [3.05, 3.63) is 47.2 Å². The number of amides is 1. The van der Waals surface area contributed by atoms with E-state index in [1.54, 1.807) is 16.9 Å². The largest absolute Gasteiger partial charge is 0.381 e. The van der Waals surface area contributed by atoms with Gasteiger partial charge in [-0.25, -0.2) is 4.68 Å². The molecule has 0 radical (unpaired) electrons. The minimum Gasteiger partial charge on any atom is -0.381 e.